The molecule has 3 heteroatoms. The maximum atomic E-state index is 4.69. The summed E-state index contributed by atoms with van der Waals surface area (Å²) in [6.07, 6.45) is 6.76. The van der Waals surface area contributed by atoms with E-state index >= 15 is 0 Å². The number of nitrogens with zero attached hydrogens (tertiary/aromatic N) is 2. The van der Waals surface area contributed by atoms with Crippen LogP contribution in [0.2, 0.25) is 0 Å². The maximum absolute atomic E-state index is 4.69. The maximum Gasteiger partial charge on any atom is 0.0627 e. The number of hydrogen-bond acceptors (Lipinski definition) is 2. The molecule has 0 fully saturated rings. The van der Waals surface area contributed by atoms with Crippen LogP contribution in [0.1, 0.15) is 65.6 Å². The van der Waals surface area contributed by atoms with Crippen LogP contribution in [0.15, 0.2) is 12.3 Å². The first-order valence-electron chi connectivity index (χ1n) is 7.84. The molecule has 3 unspecified atom stereocenters. The van der Waals surface area contributed by atoms with Crippen LogP contribution >= 0.6 is 0 Å². The zero-order valence-electron chi connectivity index (χ0n) is 13.3. The number of nitrogens with one attached hydrogen (secondary N) is 1. The van der Waals surface area contributed by atoms with Crippen molar-refractivity contribution in [3.63, 3.8) is 0 Å². The van der Waals surface area contributed by atoms with Crippen molar-refractivity contribution in [2.24, 2.45) is 5.92 Å². The minimum Gasteiger partial charge on any atom is -0.314 e. The number of rotatable bonds is 9. The lowest BCUT2D eigenvalue weighted by Gasteiger charge is -2.17. The van der Waals surface area contributed by atoms with Gasteiger partial charge in [0.25, 0.3) is 0 Å². The van der Waals surface area contributed by atoms with Crippen LogP contribution in [-0.4, -0.2) is 22.4 Å². The molecular weight excluding hydrogens is 234 g/mol. The Balaban J connectivity index is 2.39. The van der Waals surface area contributed by atoms with Gasteiger partial charge in [0.15, 0.2) is 0 Å². The molecule has 0 aromatic carbocycles. The second-order valence-corrected chi connectivity index (χ2v) is 5.94. The molecule has 0 saturated carbocycles. The third-order valence-electron chi connectivity index (χ3n) is 3.76. The molecule has 1 aromatic heterocycles. The summed E-state index contributed by atoms with van der Waals surface area (Å²) in [6, 6.07) is 3.29. The largest absolute Gasteiger partial charge is 0.314 e. The minimum absolute atomic E-state index is 0.509. The van der Waals surface area contributed by atoms with E-state index in [1.165, 1.54) is 18.5 Å². The minimum atomic E-state index is 0.509. The van der Waals surface area contributed by atoms with E-state index in [1.807, 2.05) is 0 Å². The topological polar surface area (TPSA) is 29.9 Å². The van der Waals surface area contributed by atoms with Gasteiger partial charge >= 0.3 is 0 Å². The van der Waals surface area contributed by atoms with E-state index in [-0.39, 0.29) is 0 Å². The summed E-state index contributed by atoms with van der Waals surface area (Å²) in [5.74, 6) is 0.680. The molecule has 0 radical (unpaired) electrons. The molecule has 0 amide bonds. The summed E-state index contributed by atoms with van der Waals surface area (Å²) >= 11 is 0. The van der Waals surface area contributed by atoms with Crippen molar-refractivity contribution in [1.82, 2.24) is 15.1 Å². The average molecular weight is 265 g/mol. The highest BCUT2D eigenvalue weighted by Gasteiger charge is 2.11. The third kappa shape index (κ3) is 5.77. The molecule has 0 spiro atoms. The van der Waals surface area contributed by atoms with Crippen molar-refractivity contribution in [2.45, 2.75) is 72.4 Å². The Bertz CT molecular complexity index is 346. The fraction of sp³-hybridized carbons (Fsp3) is 0.812. The molecule has 110 valence electrons. The molecule has 1 rings (SSSR count). The molecule has 3 atom stereocenters. The molecule has 0 aliphatic heterocycles. The lowest BCUT2D eigenvalue weighted by Crippen LogP contribution is -2.28. The van der Waals surface area contributed by atoms with Crippen LogP contribution < -0.4 is 5.32 Å². The van der Waals surface area contributed by atoms with Crippen molar-refractivity contribution in [1.29, 1.82) is 0 Å². The monoisotopic (exact) mass is 265 g/mol. The Morgan fingerprint density at radius 3 is 2.63 bits per heavy atom. The molecule has 0 saturated heterocycles. The van der Waals surface area contributed by atoms with Crippen molar-refractivity contribution < 1.29 is 0 Å². The molecule has 0 bridgehead atoms. The summed E-state index contributed by atoms with van der Waals surface area (Å²) in [5.41, 5.74) is 1.23. The van der Waals surface area contributed by atoms with Gasteiger partial charge in [0.1, 0.15) is 0 Å². The molecule has 3 nitrogen and oxygen atoms in total. The summed E-state index contributed by atoms with van der Waals surface area (Å²) < 4.78 is 2.10. The van der Waals surface area contributed by atoms with Crippen molar-refractivity contribution >= 4 is 0 Å². The van der Waals surface area contributed by atoms with Gasteiger partial charge in [-0.3, -0.25) is 4.68 Å². The molecule has 1 N–H and O–H groups in total. The van der Waals surface area contributed by atoms with Crippen molar-refractivity contribution in [3.8, 4) is 0 Å². The van der Waals surface area contributed by atoms with E-state index in [9.17, 15) is 0 Å². The zero-order valence-corrected chi connectivity index (χ0v) is 13.3. The summed E-state index contributed by atoms with van der Waals surface area (Å²) in [6.45, 7) is 12.4. The van der Waals surface area contributed by atoms with Crippen LogP contribution in [0, 0.1) is 5.92 Å². The van der Waals surface area contributed by atoms with Crippen molar-refractivity contribution in [2.75, 3.05) is 6.54 Å². The van der Waals surface area contributed by atoms with Gasteiger partial charge in [-0.25, -0.2) is 0 Å². The van der Waals surface area contributed by atoms with Crippen LogP contribution in [0.5, 0.6) is 0 Å². The van der Waals surface area contributed by atoms with Crippen LogP contribution in [0.4, 0.5) is 0 Å². The van der Waals surface area contributed by atoms with Crippen molar-refractivity contribution in [3.05, 3.63) is 18.0 Å². The molecule has 1 aromatic rings. The number of aromatic nitrogens is 2. The Labute approximate surface area is 118 Å². The average Bonchev–Trinajstić information content (AvgIpc) is 2.83. The normalized spacial score (nSPS) is 16.3. The quantitative estimate of drug-likeness (QED) is 0.736. The van der Waals surface area contributed by atoms with Gasteiger partial charge in [-0.15, -0.1) is 0 Å². The Morgan fingerprint density at radius 2 is 2.00 bits per heavy atom. The first kappa shape index (κ1) is 16.2. The van der Waals surface area contributed by atoms with E-state index in [0.717, 1.165) is 19.4 Å². The lowest BCUT2D eigenvalue weighted by molar-refractivity contribution is 0.412. The van der Waals surface area contributed by atoms with E-state index < -0.39 is 0 Å². The number of hydrogen-bond donors (Lipinski definition) is 1. The third-order valence-corrected chi connectivity index (χ3v) is 3.76. The van der Waals surface area contributed by atoms with E-state index in [1.54, 1.807) is 0 Å². The summed E-state index contributed by atoms with van der Waals surface area (Å²) in [5, 5.41) is 8.24. The Hall–Kier alpha value is -0.830. The molecule has 1 heterocycles. The summed E-state index contributed by atoms with van der Waals surface area (Å²) in [4.78, 5) is 0. The van der Waals surface area contributed by atoms with E-state index in [4.69, 9.17) is 0 Å². The van der Waals surface area contributed by atoms with E-state index in [0.29, 0.717) is 18.0 Å². The zero-order chi connectivity index (χ0) is 14.3. The highest BCUT2D eigenvalue weighted by atomic mass is 15.3. The Morgan fingerprint density at radius 1 is 1.26 bits per heavy atom. The highest BCUT2D eigenvalue weighted by molar-refractivity contribution is 5.00. The van der Waals surface area contributed by atoms with Gasteiger partial charge < -0.3 is 5.32 Å². The first-order valence-corrected chi connectivity index (χ1v) is 7.84. The molecule has 19 heavy (non-hydrogen) atoms. The molecule has 0 aliphatic carbocycles. The Kier molecular flexibility index (Phi) is 7.14. The van der Waals surface area contributed by atoms with Crippen LogP contribution in [0.3, 0.4) is 0 Å². The van der Waals surface area contributed by atoms with Gasteiger partial charge in [-0.1, -0.05) is 20.8 Å². The fourth-order valence-electron chi connectivity index (χ4n) is 2.44. The first-order chi connectivity index (χ1) is 9.06. The predicted octanol–water partition coefficient (Wildman–Crippen LogP) is 3.81. The highest BCUT2D eigenvalue weighted by Crippen LogP contribution is 2.15. The van der Waals surface area contributed by atoms with Gasteiger partial charge in [0.05, 0.1) is 5.69 Å². The van der Waals surface area contributed by atoms with Crippen LogP contribution in [-0.2, 0) is 6.42 Å². The second-order valence-electron chi connectivity index (χ2n) is 5.94. The molecule has 0 aliphatic rings. The van der Waals surface area contributed by atoms with E-state index in [2.05, 4.69) is 62.0 Å². The standard InChI is InChI=1S/C16H31N3/c1-6-9-17-14(4)11-13(3)12-16-8-10-19(18-16)15(5)7-2/h8,10,13-15,17H,6-7,9,11-12H2,1-5H3. The molecular formula is C16H31N3. The SMILES string of the molecule is CCCNC(C)CC(C)Cc1ccn(C(C)CC)n1. The van der Waals surface area contributed by atoms with Gasteiger partial charge in [0, 0.05) is 18.3 Å². The van der Waals surface area contributed by atoms with Crippen LogP contribution in [0.25, 0.3) is 0 Å². The predicted molar refractivity (Wildman–Crippen MR) is 82.5 cm³/mol. The smallest absolute Gasteiger partial charge is 0.0627 e. The fourth-order valence-corrected chi connectivity index (χ4v) is 2.44. The lowest BCUT2D eigenvalue weighted by atomic mass is 9.98. The summed E-state index contributed by atoms with van der Waals surface area (Å²) in [7, 11) is 0. The van der Waals surface area contributed by atoms with Gasteiger partial charge in [0.2, 0.25) is 0 Å². The second kappa shape index (κ2) is 8.36. The van der Waals surface area contributed by atoms with Gasteiger partial charge in [-0.05, 0) is 58.1 Å². The van der Waals surface area contributed by atoms with Gasteiger partial charge in [-0.2, -0.15) is 5.10 Å².